The monoisotopic (exact) mass is 706 g/mol. The first kappa shape index (κ1) is 36.6. The summed E-state index contributed by atoms with van der Waals surface area (Å²) in [6, 6.07) is 14.9. The molecule has 1 aliphatic heterocycles. The Morgan fingerprint density at radius 3 is 2.24 bits per heavy atom. The number of aliphatic hydroxyl groups is 2. The van der Waals surface area contributed by atoms with Gasteiger partial charge < -0.3 is 28.8 Å². The first-order valence-electron chi connectivity index (χ1n) is 17.8. The van der Waals surface area contributed by atoms with Gasteiger partial charge in [0.15, 0.2) is 25.5 Å². The molecule has 1 heterocycles. The molecule has 8 atom stereocenters. The van der Waals surface area contributed by atoms with Crippen molar-refractivity contribution in [3.8, 4) is 0 Å². The van der Waals surface area contributed by atoms with Crippen LogP contribution >= 0.6 is 0 Å². The number of carbonyl (C=O) groups is 4. The summed E-state index contributed by atoms with van der Waals surface area (Å²) < 4.78 is 26.0. The molecular weight excluding hydrogens is 657 g/mol. The molecule has 0 radical (unpaired) electrons. The van der Waals surface area contributed by atoms with Gasteiger partial charge in [-0.15, -0.1) is 0 Å². The SMILES string of the molecule is CC[Si](CC)(CC)O[C@H]1C[C@H]2OC[C@@]2(OC(C)=O)[C@H]2[C@H](OC(=O)c3cccc4ccccc34)[C@]3(O)CC(=O)C(C)=C([C@@H](O)C(=O)[C@]12C)C3(C)C. The maximum atomic E-state index is 15.3. The lowest BCUT2D eigenvalue weighted by Gasteiger charge is -2.68. The molecule has 4 aliphatic rings. The fourth-order valence-corrected chi connectivity index (χ4v) is 12.7. The first-order chi connectivity index (χ1) is 23.5. The summed E-state index contributed by atoms with van der Waals surface area (Å²) in [5.41, 5.74) is -6.32. The van der Waals surface area contributed by atoms with Crippen LogP contribution < -0.4 is 0 Å². The minimum Gasteiger partial charge on any atom is -0.455 e. The molecule has 2 saturated carbocycles. The van der Waals surface area contributed by atoms with E-state index in [-0.39, 0.29) is 29.7 Å². The summed E-state index contributed by atoms with van der Waals surface area (Å²) in [5, 5.41) is 26.8. The maximum absolute atomic E-state index is 15.3. The number of Topliss-reactive ketones (excluding diaryl/α,β-unsaturated/α-hetero) is 2. The van der Waals surface area contributed by atoms with Crippen LogP contribution in [0.4, 0.5) is 0 Å². The molecule has 1 saturated heterocycles. The van der Waals surface area contributed by atoms with Crippen molar-refractivity contribution in [2.24, 2.45) is 16.7 Å². The van der Waals surface area contributed by atoms with Crippen LogP contribution in [-0.4, -0.2) is 84.3 Å². The number of rotatable bonds is 8. The van der Waals surface area contributed by atoms with Crippen molar-refractivity contribution in [3.05, 3.63) is 59.2 Å². The number of benzene rings is 2. The van der Waals surface area contributed by atoms with Crippen molar-refractivity contribution in [2.45, 2.75) is 122 Å². The van der Waals surface area contributed by atoms with Crippen molar-refractivity contribution >= 4 is 42.6 Å². The van der Waals surface area contributed by atoms with Crippen LogP contribution in [0.25, 0.3) is 10.8 Å². The van der Waals surface area contributed by atoms with Gasteiger partial charge in [0, 0.05) is 25.2 Å². The molecule has 2 aromatic rings. The molecule has 270 valence electrons. The van der Waals surface area contributed by atoms with Crippen LogP contribution in [-0.2, 0) is 33.0 Å². The van der Waals surface area contributed by atoms with Crippen LogP contribution in [0.5, 0.6) is 0 Å². The number of aliphatic hydroxyl groups excluding tert-OH is 1. The number of ketones is 2. The van der Waals surface area contributed by atoms with Crippen molar-refractivity contribution in [1.82, 2.24) is 0 Å². The first-order valence-corrected chi connectivity index (χ1v) is 20.4. The van der Waals surface area contributed by atoms with Crippen LogP contribution in [0.15, 0.2) is 53.6 Å². The van der Waals surface area contributed by atoms with Crippen molar-refractivity contribution < 1.29 is 48.0 Å². The van der Waals surface area contributed by atoms with E-state index in [4.69, 9.17) is 18.6 Å². The van der Waals surface area contributed by atoms with Gasteiger partial charge in [-0.25, -0.2) is 4.79 Å². The Bertz CT molecular complexity index is 1770. The predicted octanol–water partition coefficient (Wildman–Crippen LogP) is 5.47. The van der Waals surface area contributed by atoms with Gasteiger partial charge in [-0.2, -0.15) is 0 Å². The second-order valence-electron chi connectivity index (χ2n) is 15.5. The van der Waals surface area contributed by atoms with Gasteiger partial charge in [-0.05, 0) is 60.0 Å². The smallest absolute Gasteiger partial charge is 0.339 e. The highest BCUT2D eigenvalue weighted by Gasteiger charge is 2.78. The third kappa shape index (κ3) is 5.02. The van der Waals surface area contributed by atoms with E-state index in [1.54, 1.807) is 45.9 Å². The van der Waals surface area contributed by atoms with E-state index in [1.807, 2.05) is 24.3 Å². The molecule has 0 unspecified atom stereocenters. The van der Waals surface area contributed by atoms with E-state index < -0.39 is 90.6 Å². The van der Waals surface area contributed by atoms with E-state index in [9.17, 15) is 24.6 Å². The quantitative estimate of drug-likeness (QED) is 0.268. The number of hydrogen-bond donors (Lipinski definition) is 2. The van der Waals surface area contributed by atoms with Crippen LogP contribution in [0.1, 0.15) is 78.6 Å². The molecule has 0 spiro atoms. The van der Waals surface area contributed by atoms with Crippen LogP contribution in [0, 0.1) is 16.7 Å². The zero-order chi connectivity index (χ0) is 36.6. The van der Waals surface area contributed by atoms with E-state index in [0.717, 1.165) is 23.5 Å². The summed E-state index contributed by atoms with van der Waals surface area (Å²) in [6.07, 6.45) is -5.27. The third-order valence-electron chi connectivity index (χ3n) is 13.1. The molecule has 2 bridgehead atoms. The Morgan fingerprint density at radius 1 is 1.00 bits per heavy atom. The minimum absolute atomic E-state index is 0.0874. The number of esters is 2. The van der Waals surface area contributed by atoms with Gasteiger partial charge in [-0.1, -0.05) is 71.0 Å². The maximum Gasteiger partial charge on any atom is 0.339 e. The van der Waals surface area contributed by atoms with E-state index in [2.05, 4.69) is 20.8 Å². The van der Waals surface area contributed by atoms with Crippen LogP contribution in [0.2, 0.25) is 18.1 Å². The Kier molecular flexibility index (Phi) is 9.12. The molecule has 6 rings (SSSR count). The van der Waals surface area contributed by atoms with Crippen LogP contribution in [0.3, 0.4) is 0 Å². The molecule has 11 heteroatoms. The molecule has 0 amide bonds. The molecule has 50 heavy (non-hydrogen) atoms. The van der Waals surface area contributed by atoms with Gasteiger partial charge >= 0.3 is 11.9 Å². The second kappa shape index (κ2) is 12.5. The lowest BCUT2D eigenvalue weighted by Crippen LogP contribution is -2.82. The van der Waals surface area contributed by atoms with Gasteiger partial charge in [0.2, 0.25) is 0 Å². The Hall–Kier alpha value is -3.22. The summed E-state index contributed by atoms with van der Waals surface area (Å²) >= 11 is 0. The average molecular weight is 707 g/mol. The fraction of sp³-hybridized carbons (Fsp3) is 0.590. The molecule has 10 nitrogen and oxygen atoms in total. The summed E-state index contributed by atoms with van der Waals surface area (Å²) in [6.45, 7) is 13.9. The third-order valence-corrected chi connectivity index (χ3v) is 17.7. The Balaban J connectivity index is 1.66. The molecular formula is C39H50O10Si. The largest absolute Gasteiger partial charge is 0.455 e. The predicted molar refractivity (Wildman–Crippen MR) is 188 cm³/mol. The summed E-state index contributed by atoms with van der Waals surface area (Å²) in [7, 11) is -2.46. The van der Waals surface area contributed by atoms with E-state index in [1.165, 1.54) is 6.92 Å². The topological polar surface area (TPSA) is 146 Å². The second-order valence-corrected chi connectivity index (χ2v) is 20.2. The molecule has 3 aliphatic carbocycles. The highest BCUT2D eigenvalue weighted by Crippen LogP contribution is 2.64. The van der Waals surface area contributed by atoms with Gasteiger partial charge in [-0.3, -0.25) is 14.4 Å². The summed E-state index contributed by atoms with van der Waals surface area (Å²) in [4.78, 5) is 56.6. The van der Waals surface area contributed by atoms with Gasteiger partial charge in [0.1, 0.15) is 23.9 Å². The van der Waals surface area contributed by atoms with Crippen molar-refractivity contribution in [3.63, 3.8) is 0 Å². The van der Waals surface area contributed by atoms with Crippen molar-refractivity contribution in [2.75, 3.05) is 6.61 Å². The molecule has 3 fully saturated rings. The lowest BCUT2D eigenvalue weighted by atomic mass is 9.45. The van der Waals surface area contributed by atoms with E-state index >= 15 is 4.79 Å². The van der Waals surface area contributed by atoms with Crippen molar-refractivity contribution in [1.29, 1.82) is 0 Å². The lowest BCUT2D eigenvalue weighted by molar-refractivity contribution is -0.343. The van der Waals surface area contributed by atoms with E-state index in [0.29, 0.717) is 5.39 Å². The zero-order valence-electron chi connectivity index (χ0n) is 30.3. The minimum atomic E-state index is -2.46. The molecule has 0 aromatic heterocycles. The van der Waals surface area contributed by atoms with Gasteiger partial charge in [0.05, 0.1) is 29.6 Å². The Morgan fingerprint density at radius 2 is 1.64 bits per heavy atom. The number of allylic oxidation sites excluding steroid dienone is 1. The number of fused-ring (bicyclic) bond motifs is 6. The standard InChI is InChI=1S/C39H50O10Si/c1-9-50(10-2,11-3)49-28-19-29-38(21-46-29,48-23(5)40)32-34(47-35(44)26-18-14-16-24-15-12-13-17-25(24)26)39(45)20-27(41)22(4)30(36(39,6)7)31(42)33(43)37(28,32)8/h12-18,28-29,31-32,34,42,45H,9-11,19-21H2,1-8H3/t28-,29+,31+,32-,34-,37+,38-,39+/m0/s1. The zero-order valence-corrected chi connectivity index (χ0v) is 31.3. The fourth-order valence-electron chi connectivity index (χ4n) is 9.75. The number of ether oxygens (including phenoxy) is 3. The molecule has 2 N–H and O–H groups in total. The summed E-state index contributed by atoms with van der Waals surface area (Å²) in [5.74, 6) is -3.81. The normalized spacial score (nSPS) is 35.0. The number of hydrogen-bond acceptors (Lipinski definition) is 10. The average Bonchev–Trinajstić information content (AvgIpc) is 3.08. The van der Waals surface area contributed by atoms with Gasteiger partial charge in [0.25, 0.3) is 0 Å². The number of carbonyl (C=O) groups excluding carboxylic acids is 4. The molecule has 2 aromatic carbocycles. The Labute approximate surface area is 294 Å². The highest BCUT2D eigenvalue weighted by atomic mass is 28.4. The highest BCUT2D eigenvalue weighted by molar-refractivity contribution is 6.73.